The van der Waals surface area contributed by atoms with Crippen molar-refractivity contribution in [2.75, 3.05) is 0 Å². The zero-order chi connectivity index (χ0) is 7.02. The molecule has 1 rings (SSSR count). The Labute approximate surface area is 53.6 Å². The fourth-order valence-corrected chi connectivity index (χ4v) is 1.03. The highest BCUT2D eigenvalue weighted by Crippen LogP contribution is 2.22. The minimum absolute atomic E-state index is 0.352. The van der Waals surface area contributed by atoms with Gasteiger partial charge in [0, 0.05) is 0 Å². The Hall–Kier alpha value is -0.150. The van der Waals surface area contributed by atoms with Crippen LogP contribution in [0.5, 0.6) is 0 Å². The first-order chi connectivity index (χ1) is 4.13. The average Bonchev–Trinajstić information content (AvgIpc) is 1.98. The van der Waals surface area contributed by atoms with Gasteiger partial charge in [-0.1, -0.05) is 0 Å². The predicted molar refractivity (Wildman–Crippen MR) is 30.9 cm³/mol. The van der Waals surface area contributed by atoms with Gasteiger partial charge in [-0.2, -0.15) is 0 Å². The normalized spacial score (nSPS) is 52.0. The molecule has 0 aromatic rings. The lowest BCUT2D eigenvalue weighted by atomic mass is 10.1. The van der Waals surface area contributed by atoms with E-state index in [-0.39, 0.29) is 6.10 Å². The SMILES string of the molecule is CC1O[C@@H](C)[C@H](F)[C@@H]1O. The number of rotatable bonds is 0. The topological polar surface area (TPSA) is 29.5 Å². The lowest BCUT2D eigenvalue weighted by molar-refractivity contribution is 0.0287. The van der Waals surface area contributed by atoms with E-state index in [2.05, 4.69) is 0 Å². The second kappa shape index (κ2) is 2.23. The van der Waals surface area contributed by atoms with Crippen LogP contribution in [0.15, 0.2) is 0 Å². The summed E-state index contributed by atoms with van der Waals surface area (Å²) in [4.78, 5) is 0. The van der Waals surface area contributed by atoms with Crippen molar-refractivity contribution >= 4 is 0 Å². The van der Waals surface area contributed by atoms with Gasteiger partial charge >= 0.3 is 0 Å². The second-order valence-corrected chi connectivity index (χ2v) is 2.48. The van der Waals surface area contributed by atoms with E-state index in [1.165, 1.54) is 0 Å². The number of alkyl halides is 1. The molecule has 9 heavy (non-hydrogen) atoms. The largest absolute Gasteiger partial charge is 0.387 e. The van der Waals surface area contributed by atoms with E-state index in [0.717, 1.165) is 0 Å². The summed E-state index contributed by atoms with van der Waals surface area (Å²) < 4.78 is 17.5. The zero-order valence-electron chi connectivity index (χ0n) is 5.54. The van der Waals surface area contributed by atoms with Crippen molar-refractivity contribution in [3.05, 3.63) is 0 Å². The van der Waals surface area contributed by atoms with Crippen molar-refractivity contribution in [1.29, 1.82) is 0 Å². The molecule has 0 aromatic heterocycles. The van der Waals surface area contributed by atoms with Gasteiger partial charge in [0.05, 0.1) is 12.2 Å². The second-order valence-electron chi connectivity index (χ2n) is 2.48. The molecule has 2 nitrogen and oxygen atoms in total. The first kappa shape index (κ1) is 6.96. The van der Waals surface area contributed by atoms with Crippen molar-refractivity contribution in [1.82, 2.24) is 0 Å². The molecule has 54 valence electrons. The van der Waals surface area contributed by atoms with Crippen molar-refractivity contribution in [3.63, 3.8) is 0 Å². The van der Waals surface area contributed by atoms with E-state index in [1.807, 2.05) is 0 Å². The minimum Gasteiger partial charge on any atom is -0.387 e. The maximum absolute atomic E-state index is 12.6. The van der Waals surface area contributed by atoms with Gasteiger partial charge in [-0.15, -0.1) is 0 Å². The standard InChI is InChI=1S/C6H11FO2/c1-3-5(7)6(8)4(2)9-3/h3-6,8H,1-2H3/t3-,4?,5-,6+/m0/s1. The van der Waals surface area contributed by atoms with E-state index in [9.17, 15) is 4.39 Å². The Kier molecular flexibility index (Phi) is 1.73. The number of ether oxygens (including phenoxy) is 1. The Morgan fingerprint density at radius 2 is 1.89 bits per heavy atom. The van der Waals surface area contributed by atoms with Crippen molar-refractivity contribution < 1.29 is 14.2 Å². The molecule has 1 fully saturated rings. The van der Waals surface area contributed by atoms with Crippen LogP contribution in [-0.2, 0) is 4.74 Å². The highest BCUT2D eigenvalue weighted by molar-refractivity contribution is 4.85. The van der Waals surface area contributed by atoms with Crippen LogP contribution in [0.25, 0.3) is 0 Å². The predicted octanol–water partition coefficient (Wildman–Crippen LogP) is 0.493. The molecule has 1 saturated heterocycles. The molecule has 1 N–H and O–H groups in total. The lowest BCUT2D eigenvalue weighted by Crippen LogP contribution is -2.26. The van der Waals surface area contributed by atoms with Gasteiger partial charge in [-0.3, -0.25) is 0 Å². The highest BCUT2D eigenvalue weighted by Gasteiger charge is 2.38. The van der Waals surface area contributed by atoms with Crippen molar-refractivity contribution in [2.24, 2.45) is 0 Å². The number of hydrogen-bond acceptors (Lipinski definition) is 2. The van der Waals surface area contributed by atoms with Crippen LogP contribution in [0.2, 0.25) is 0 Å². The van der Waals surface area contributed by atoms with Gasteiger partial charge in [-0.05, 0) is 13.8 Å². The molecule has 4 atom stereocenters. The van der Waals surface area contributed by atoms with Gasteiger partial charge in [0.25, 0.3) is 0 Å². The fourth-order valence-electron chi connectivity index (χ4n) is 1.03. The molecular weight excluding hydrogens is 123 g/mol. The summed E-state index contributed by atoms with van der Waals surface area (Å²) in [6.07, 6.45) is -2.94. The van der Waals surface area contributed by atoms with Crippen molar-refractivity contribution in [2.45, 2.75) is 38.3 Å². The highest BCUT2D eigenvalue weighted by atomic mass is 19.1. The summed E-state index contributed by atoms with van der Waals surface area (Å²) in [5.41, 5.74) is 0. The molecule has 1 heterocycles. The van der Waals surface area contributed by atoms with E-state index >= 15 is 0 Å². The molecular formula is C6H11FO2. The van der Waals surface area contributed by atoms with Gasteiger partial charge in [0.2, 0.25) is 0 Å². The Morgan fingerprint density at radius 1 is 1.33 bits per heavy atom. The summed E-state index contributed by atoms with van der Waals surface area (Å²) in [5.74, 6) is 0. The zero-order valence-corrected chi connectivity index (χ0v) is 5.54. The molecule has 0 aliphatic carbocycles. The Balaban J connectivity index is 2.54. The molecule has 0 aromatic carbocycles. The number of hydrogen-bond donors (Lipinski definition) is 1. The summed E-state index contributed by atoms with van der Waals surface area (Å²) in [6, 6.07) is 0. The molecule has 0 radical (unpaired) electrons. The van der Waals surface area contributed by atoms with Crippen molar-refractivity contribution in [3.8, 4) is 0 Å². The maximum Gasteiger partial charge on any atom is 0.154 e. The van der Waals surface area contributed by atoms with Crippen LogP contribution in [0.3, 0.4) is 0 Å². The molecule has 1 unspecified atom stereocenters. The lowest BCUT2D eigenvalue weighted by Gasteiger charge is -2.05. The van der Waals surface area contributed by atoms with E-state index < -0.39 is 18.4 Å². The molecule has 1 aliphatic heterocycles. The summed E-state index contributed by atoms with van der Waals surface area (Å²) in [6.45, 7) is 3.29. The third-order valence-electron chi connectivity index (χ3n) is 1.68. The fraction of sp³-hybridized carbons (Fsp3) is 1.00. The van der Waals surface area contributed by atoms with Crippen LogP contribution in [-0.4, -0.2) is 29.6 Å². The third-order valence-corrected chi connectivity index (χ3v) is 1.68. The van der Waals surface area contributed by atoms with Crippen LogP contribution in [0, 0.1) is 0 Å². The first-order valence-corrected chi connectivity index (χ1v) is 3.10. The van der Waals surface area contributed by atoms with E-state index in [1.54, 1.807) is 13.8 Å². The first-order valence-electron chi connectivity index (χ1n) is 3.10. The molecule has 0 bridgehead atoms. The summed E-state index contributed by atoms with van der Waals surface area (Å²) in [5, 5.41) is 8.94. The Morgan fingerprint density at radius 3 is 2.00 bits per heavy atom. The van der Waals surface area contributed by atoms with Gasteiger partial charge in [0.15, 0.2) is 6.17 Å². The molecule has 0 saturated carbocycles. The number of halogens is 1. The van der Waals surface area contributed by atoms with Crippen LogP contribution >= 0.6 is 0 Å². The average molecular weight is 134 g/mol. The van der Waals surface area contributed by atoms with E-state index in [4.69, 9.17) is 9.84 Å². The number of aliphatic hydroxyl groups excluding tert-OH is 1. The maximum atomic E-state index is 12.6. The number of aliphatic hydroxyl groups is 1. The summed E-state index contributed by atoms with van der Waals surface area (Å²) >= 11 is 0. The van der Waals surface area contributed by atoms with Gasteiger partial charge in [0.1, 0.15) is 6.10 Å². The van der Waals surface area contributed by atoms with Crippen LogP contribution in [0.1, 0.15) is 13.8 Å². The Bertz CT molecular complexity index is 95.2. The molecule has 0 amide bonds. The molecule has 1 aliphatic rings. The van der Waals surface area contributed by atoms with Crippen LogP contribution in [0.4, 0.5) is 4.39 Å². The molecule has 3 heteroatoms. The summed E-state index contributed by atoms with van der Waals surface area (Å²) in [7, 11) is 0. The van der Waals surface area contributed by atoms with Gasteiger partial charge < -0.3 is 9.84 Å². The quantitative estimate of drug-likeness (QED) is 0.522. The van der Waals surface area contributed by atoms with Crippen LogP contribution < -0.4 is 0 Å². The van der Waals surface area contributed by atoms with E-state index in [0.29, 0.717) is 0 Å². The third kappa shape index (κ3) is 1.07. The minimum atomic E-state index is -1.21. The molecule has 0 spiro atoms. The van der Waals surface area contributed by atoms with Gasteiger partial charge in [-0.25, -0.2) is 4.39 Å². The monoisotopic (exact) mass is 134 g/mol. The smallest absolute Gasteiger partial charge is 0.154 e.